The number of nitrogens with one attached hydrogen (secondary N) is 2. The molecule has 2 heterocycles. The molecule has 0 spiro atoms. The van der Waals surface area contributed by atoms with Crippen molar-refractivity contribution in [2.45, 2.75) is 18.6 Å². The minimum atomic E-state index is -1.29. The zero-order chi connectivity index (χ0) is 21.0. The lowest BCUT2D eigenvalue weighted by Gasteiger charge is -2.37. The van der Waals surface area contributed by atoms with Crippen LogP contribution >= 0.6 is 0 Å². The summed E-state index contributed by atoms with van der Waals surface area (Å²) in [6.45, 7) is 4.28. The van der Waals surface area contributed by atoms with E-state index >= 15 is 0 Å². The Kier molecular flexibility index (Phi) is 6.88. The standard InChI is InChI=1S/C19H28FN5O4/c1-23-16-4-2-3-14(20)17(16)25(8-5-15(18(23)27)22-19(28)29)12-13(26)11-24-9-6-21-7-10-24/h2-4,13,15,21-22,26H,5-12H2,1H3,(H,28,29)/t13?,15-/m0/s1. The van der Waals surface area contributed by atoms with Crippen LogP contribution in [0, 0.1) is 5.82 Å². The van der Waals surface area contributed by atoms with Gasteiger partial charge < -0.3 is 30.6 Å². The molecule has 0 aliphatic carbocycles. The average Bonchev–Trinajstić information content (AvgIpc) is 2.68. The smallest absolute Gasteiger partial charge is 0.405 e. The maximum Gasteiger partial charge on any atom is 0.405 e. The van der Waals surface area contributed by atoms with E-state index in [1.807, 2.05) is 0 Å². The number of rotatable bonds is 5. The molecule has 0 bridgehead atoms. The number of halogens is 1. The van der Waals surface area contributed by atoms with Crippen LogP contribution < -0.4 is 20.4 Å². The zero-order valence-electron chi connectivity index (χ0n) is 16.5. The van der Waals surface area contributed by atoms with Crippen LogP contribution in [0.1, 0.15) is 6.42 Å². The molecule has 1 fully saturated rings. The first-order valence-corrected chi connectivity index (χ1v) is 9.78. The van der Waals surface area contributed by atoms with Gasteiger partial charge in [-0.15, -0.1) is 0 Å². The van der Waals surface area contributed by atoms with Crippen molar-refractivity contribution < 1.29 is 24.2 Å². The van der Waals surface area contributed by atoms with Crippen molar-refractivity contribution in [3.05, 3.63) is 24.0 Å². The highest BCUT2D eigenvalue weighted by molar-refractivity contribution is 6.01. The maximum absolute atomic E-state index is 14.8. The molecule has 3 rings (SSSR count). The molecule has 2 amide bonds. The largest absolute Gasteiger partial charge is 0.465 e. The average molecular weight is 409 g/mol. The van der Waals surface area contributed by atoms with E-state index in [4.69, 9.17) is 5.11 Å². The van der Waals surface area contributed by atoms with Gasteiger partial charge in [0.1, 0.15) is 11.9 Å². The number of amides is 2. The van der Waals surface area contributed by atoms with E-state index in [1.54, 1.807) is 11.0 Å². The number of aliphatic hydroxyl groups excluding tert-OH is 1. The number of fused-ring (bicyclic) bond motifs is 1. The highest BCUT2D eigenvalue weighted by atomic mass is 19.1. The molecule has 1 unspecified atom stereocenters. The number of hydrogen-bond acceptors (Lipinski definition) is 6. The third-order valence-corrected chi connectivity index (χ3v) is 5.37. The minimum Gasteiger partial charge on any atom is -0.465 e. The summed E-state index contributed by atoms with van der Waals surface area (Å²) in [4.78, 5) is 28.9. The second kappa shape index (κ2) is 9.38. The molecule has 29 heavy (non-hydrogen) atoms. The number of likely N-dealkylation sites (N-methyl/N-ethyl adjacent to an activating group) is 1. The molecule has 2 aliphatic heterocycles. The second-order valence-corrected chi connectivity index (χ2v) is 7.45. The van der Waals surface area contributed by atoms with E-state index in [2.05, 4.69) is 15.5 Å². The number of aliphatic hydroxyl groups is 1. The molecule has 2 atom stereocenters. The van der Waals surface area contributed by atoms with Gasteiger partial charge in [0, 0.05) is 52.9 Å². The molecule has 2 aliphatic rings. The lowest BCUT2D eigenvalue weighted by atomic mass is 10.1. The summed E-state index contributed by atoms with van der Waals surface area (Å²) in [6.07, 6.45) is -1.84. The summed E-state index contributed by atoms with van der Waals surface area (Å²) in [7, 11) is 1.50. The van der Waals surface area contributed by atoms with Crippen LogP contribution in [0.15, 0.2) is 18.2 Å². The van der Waals surface area contributed by atoms with Crippen molar-refractivity contribution in [3.8, 4) is 0 Å². The number of hydrogen-bond donors (Lipinski definition) is 4. The number of anilines is 2. The first-order chi connectivity index (χ1) is 13.9. The fourth-order valence-corrected chi connectivity index (χ4v) is 3.93. The zero-order valence-corrected chi connectivity index (χ0v) is 16.5. The fraction of sp³-hybridized carbons (Fsp3) is 0.579. The molecule has 1 aromatic carbocycles. The number of benzene rings is 1. The van der Waals surface area contributed by atoms with Crippen LogP contribution in [0.25, 0.3) is 0 Å². The Morgan fingerprint density at radius 1 is 1.31 bits per heavy atom. The number of β-amino-alcohol motifs (C(OH)–C–C–N with tert-alkyl or cyclic N) is 1. The Bertz CT molecular complexity index is 743. The van der Waals surface area contributed by atoms with Crippen LogP contribution in [0.4, 0.5) is 20.6 Å². The van der Waals surface area contributed by atoms with Gasteiger partial charge in [0.2, 0.25) is 5.91 Å². The lowest BCUT2D eigenvalue weighted by molar-refractivity contribution is -0.120. The van der Waals surface area contributed by atoms with Crippen molar-refractivity contribution in [3.63, 3.8) is 0 Å². The monoisotopic (exact) mass is 409 g/mol. The van der Waals surface area contributed by atoms with Crippen molar-refractivity contribution in [1.29, 1.82) is 0 Å². The van der Waals surface area contributed by atoms with Crippen molar-refractivity contribution >= 4 is 23.4 Å². The van der Waals surface area contributed by atoms with Crippen LogP contribution in [-0.4, -0.2) is 92.1 Å². The Morgan fingerprint density at radius 3 is 2.72 bits per heavy atom. The van der Waals surface area contributed by atoms with Crippen molar-refractivity contribution in [1.82, 2.24) is 15.5 Å². The molecule has 1 saturated heterocycles. The first kappa shape index (κ1) is 21.3. The van der Waals surface area contributed by atoms with Crippen molar-refractivity contribution in [2.75, 3.05) is 62.7 Å². The molecule has 10 heteroatoms. The maximum atomic E-state index is 14.8. The van der Waals surface area contributed by atoms with Gasteiger partial charge in [0.25, 0.3) is 0 Å². The summed E-state index contributed by atoms with van der Waals surface area (Å²) < 4.78 is 14.8. The number of carbonyl (C=O) groups is 2. The van der Waals surface area contributed by atoms with E-state index in [0.29, 0.717) is 12.2 Å². The molecular weight excluding hydrogens is 381 g/mol. The van der Waals surface area contributed by atoms with E-state index < -0.39 is 30.0 Å². The van der Waals surface area contributed by atoms with E-state index in [-0.39, 0.29) is 25.2 Å². The third-order valence-electron chi connectivity index (χ3n) is 5.37. The predicted molar refractivity (Wildman–Crippen MR) is 107 cm³/mol. The van der Waals surface area contributed by atoms with Crippen molar-refractivity contribution in [2.24, 2.45) is 0 Å². The van der Waals surface area contributed by atoms with Gasteiger partial charge in [-0.1, -0.05) is 6.07 Å². The SMILES string of the molecule is CN1C(=O)[C@@H](NC(=O)O)CCN(CC(O)CN2CCNCC2)c2c(F)cccc21. The lowest BCUT2D eigenvalue weighted by Crippen LogP contribution is -2.52. The third kappa shape index (κ3) is 5.14. The van der Waals surface area contributed by atoms with Crippen LogP contribution in [0.3, 0.4) is 0 Å². The quantitative estimate of drug-likeness (QED) is 0.538. The molecular formula is C19H28FN5O4. The number of carboxylic acid groups (broad SMARTS) is 1. The summed E-state index contributed by atoms with van der Waals surface area (Å²) in [6, 6.07) is 3.51. The minimum absolute atomic E-state index is 0.170. The van der Waals surface area contributed by atoms with Gasteiger partial charge in [-0.3, -0.25) is 9.69 Å². The molecule has 160 valence electrons. The molecule has 9 nitrogen and oxygen atoms in total. The molecule has 1 aromatic rings. The molecule has 0 radical (unpaired) electrons. The molecule has 0 saturated carbocycles. The van der Waals surface area contributed by atoms with Crippen LogP contribution in [-0.2, 0) is 4.79 Å². The van der Waals surface area contributed by atoms with Gasteiger partial charge in [0.05, 0.1) is 17.5 Å². The Morgan fingerprint density at radius 2 is 2.03 bits per heavy atom. The van der Waals surface area contributed by atoms with Gasteiger partial charge in [-0.05, 0) is 18.6 Å². The van der Waals surface area contributed by atoms with Gasteiger partial charge in [-0.2, -0.15) is 0 Å². The summed E-state index contributed by atoms with van der Waals surface area (Å²) in [5.74, 6) is -0.929. The molecule has 4 N–H and O–H groups in total. The number of para-hydroxylation sites is 1. The van der Waals surface area contributed by atoms with Gasteiger partial charge >= 0.3 is 6.09 Å². The number of piperazine rings is 1. The highest BCUT2D eigenvalue weighted by Crippen LogP contribution is 2.34. The second-order valence-electron chi connectivity index (χ2n) is 7.45. The Hall–Kier alpha value is -2.43. The summed E-state index contributed by atoms with van der Waals surface area (Å²) >= 11 is 0. The van der Waals surface area contributed by atoms with E-state index in [1.165, 1.54) is 24.1 Å². The Labute approximate surface area is 169 Å². The first-order valence-electron chi connectivity index (χ1n) is 9.78. The predicted octanol–water partition coefficient (Wildman–Crippen LogP) is -0.0991. The van der Waals surface area contributed by atoms with Gasteiger partial charge in [-0.25, -0.2) is 9.18 Å². The fourth-order valence-electron chi connectivity index (χ4n) is 3.93. The topological polar surface area (TPSA) is 108 Å². The summed E-state index contributed by atoms with van der Waals surface area (Å²) in [5.41, 5.74) is 0.595. The van der Waals surface area contributed by atoms with Gasteiger partial charge in [0.15, 0.2) is 0 Å². The number of nitrogens with zero attached hydrogens (tertiary/aromatic N) is 3. The normalized spacial score (nSPS) is 21.9. The number of carbonyl (C=O) groups excluding carboxylic acids is 1. The highest BCUT2D eigenvalue weighted by Gasteiger charge is 2.32. The van der Waals surface area contributed by atoms with E-state index in [9.17, 15) is 19.1 Å². The van der Waals surface area contributed by atoms with Crippen LogP contribution in [0.2, 0.25) is 0 Å². The Balaban J connectivity index is 1.83. The molecule has 0 aromatic heterocycles. The van der Waals surface area contributed by atoms with Crippen LogP contribution in [0.5, 0.6) is 0 Å². The summed E-state index contributed by atoms with van der Waals surface area (Å²) in [5, 5.41) is 25.2. The van der Waals surface area contributed by atoms with E-state index in [0.717, 1.165) is 26.2 Å².